The van der Waals surface area contributed by atoms with E-state index < -0.39 is 0 Å². The van der Waals surface area contributed by atoms with E-state index in [0.717, 1.165) is 13.0 Å². The lowest BCUT2D eigenvalue weighted by atomic mass is 10.0. The van der Waals surface area contributed by atoms with Crippen LogP contribution < -0.4 is 15.4 Å². The molecule has 7 nitrogen and oxygen atoms in total. The largest absolute Gasteiger partial charge is 0.464 e. The quantitative estimate of drug-likeness (QED) is 0.783. The van der Waals surface area contributed by atoms with Crippen LogP contribution in [0.2, 0.25) is 0 Å². The maximum absolute atomic E-state index is 9.43. The number of aromatic nitrogens is 3. The molecule has 1 aliphatic heterocycles. The summed E-state index contributed by atoms with van der Waals surface area (Å²) in [4.78, 5) is 14.2. The molecule has 1 fully saturated rings. The van der Waals surface area contributed by atoms with Gasteiger partial charge in [0.15, 0.2) is 0 Å². The van der Waals surface area contributed by atoms with E-state index in [2.05, 4.69) is 21.9 Å². The van der Waals surface area contributed by atoms with E-state index >= 15 is 0 Å². The summed E-state index contributed by atoms with van der Waals surface area (Å²) in [7, 11) is 0. The van der Waals surface area contributed by atoms with Crippen LogP contribution in [0.3, 0.4) is 0 Å². The van der Waals surface area contributed by atoms with Crippen LogP contribution in [0.15, 0.2) is 0 Å². The first-order valence-corrected chi connectivity index (χ1v) is 6.17. The zero-order valence-electron chi connectivity index (χ0n) is 10.7. The molecule has 3 N–H and O–H groups in total. The van der Waals surface area contributed by atoms with Crippen LogP contribution in [-0.4, -0.2) is 45.9 Å². The molecule has 18 heavy (non-hydrogen) atoms. The number of ether oxygens (including phenoxy) is 1. The summed E-state index contributed by atoms with van der Waals surface area (Å²) in [5.41, 5.74) is 5.65. The van der Waals surface area contributed by atoms with Crippen molar-refractivity contribution in [1.29, 1.82) is 0 Å². The molecule has 1 aromatic rings. The first kappa shape index (κ1) is 12.8. The van der Waals surface area contributed by atoms with Crippen molar-refractivity contribution in [3.63, 3.8) is 0 Å². The summed E-state index contributed by atoms with van der Waals surface area (Å²) in [6, 6.07) is 0.262. The molecule has 0 radical (unpaired) electrons. The van der Waals surface area contributed by atoms with Crippen molar-refractivity contribution in [2.24, 2.45) is 5.92 Å². The number of aliphatic hydroxyl groups is 1. The van der Waals surface area contributed by atoms with Gasteiger partial charge in [-0.1, -0.05) is 6.92 Å². The smallest absolute Gasteiger partial charge is 0.323 e. The van der Waals surface area contributed by atoms with E-state index in [9.17, 15) is 5.11 Å². The fourth-order valence-electron chi connectivity index (χ4n) is 2.22. The van der Waals surface area contributed by atoms with Crippen molar-refractivity contribution in [2.45, 2.75) is 26.3 Å². The Kier molecular flexibility index (Phi) is 3.81. The lowest BCUT2D eigenvalue weighted by molar-refractivity contribution is 0.243. The molecule has 1 aliphatic rings. The van der Waals surface area contributed by atoms with E-state index in [1.807, 2.05) is 11.8 Å². The Hall–Kier alpha value is -1.63. The van der Waals surface area contributed by atoms with Gasteiger partial charge < -0.3 is 20.5 Å². The molecular formula is C11H19N5O2. The Morgan fingerprint density at radius 2 is 2.22 bits per heavy atom. The number of anilines is 2. The molecule has 0 saturated carbocycles. The van der Waals surface area contributed by atoms with Gasteiger partial charge in [-0.05, 0) is 19.3 Å². The van der Waals surface area contributed by atoms with Crippen molar-refractivity contribution in [1.82, 2.24) is 15.0 Å². The number of aliphatic hydroxyl groups excluding tert-OH is 1. The third-order valence-corrected chi connectivity index (χ3v) is 3.22. The first-order valence-electron chi connectivity index (χ1n) is 6.17. The van der Waals surface area contributed by atoms with Gasteiger partial charge in [-0.25, -0.2) is 0 Å². The van der Waals surface area contributed by atoms with Crippen LogP contribution in [0.1, 0.15) is 20.3 Å². The van der Waals surface area contributed by atoms with Gasteiger partial charge in [-0.15, -0.1) is 0 Å². The minimum absolute atomic E-state index is 0.0290. The predicted molar refractivity (Wildman–Crippen MR) is 67.4 cm³/mol. The van der Waals surface area contributed by atoms with Crippen molar-refractivity contribution in [3.8, 4) is 6.01 Å². The van der Waals surface area contributed by atoms with Gasteiger partial charge in [-0.2, -0.15) is 15.0 Å². The highest BCUT2D eigenvalue weighted by atomic mass is 16.5. The zero-order chi connectivity index (χ0) is 13.1. The van der Waals surface area contributed by atoms with Crippen LogP contribution in [0, 0.1) is 5.92 Å². The van der Waals surface area contributed by atoms with Crippen LogP contribution in [-0.2, 0) is 0 Å². The number of hydrogen-bond donors (Lipinski definition) is 2. The van der Waals surface area contributed by atoms with E-state index in [1.165, 1.54) is 0 Å². The first-order chi connectivity index (χ1) is 8.65. The zero-order valence-corrected chi connectivity index (χ0v) is 10.7. The van der Waals surface area contributed by atoms with Crippen LogP contribution in [0.5, 0.6) is 6.01 Å². The summed E-state index contributed by atoms with van der Waals surface area (Å²) >= 11 is 0. The van der Waals surface area contributed by atoms with Gasteiger partial charge >= 0.3 is 6.01 Å². The summed E-state index contributed by atoms with van der Waals surface area (Å²) in [6.45, 7) is 5.32. The Morgan fingerprint density at radius 1 is 1.44 bits per heavy atom. The maximum atomic E-state index is 9.43. The Labute approximate surface area is 106 Å². The third kappa shape index (κ3) is 2.45. The minimum Gasteiger partial charge on any atom is -0.464 e. The van der Waals surface area contributed by atoms with E-state index in [-0.39, 0.29) is 24.6 Å². The molecular weight excluding hydrogens is 234 g/mol. The van der Waals surface area contributed by atoms with E-state index in [0.29, 0.717) is 18.5 Å². The Morgan fingerprint density at radius 3 is 2.89 bits per heavy atom. The molecule has 100 valence electrons. The standard InChI is InChI=1S/C11H19N5O2/c1-3-18-11-14-9(12)13-10(15-11)16-5-4-7(2)8(16)6-17/h7-8,17H,3-6H2,1-2H3,(H2,12,13,14,15). The average Bonchev–Trinajstić information content (AvgIpc) is 2.70. The Balaban J connectivity index is 2.27. The second-order valence-corrected chi connectivity index (χ2v) is 4.42. The molecule has 0 aromatic carbocycles. The van der Waals surface area contributed by atoms with Gasteiger partial charge in [0.05, 0.1) is 19.3 Å². The molecule has 2 rings (SSSR count). The number of nitrogens with two attached hydrogens (primary N) is 1. The van der Waals surface area contributed by atoms with Gasteiger partial charge in [0.1, 0.15) is 0 Å². The van der Waals surface area contributed by atoms with Crippen LogP contribution in [0.25, 0.3) is 0 Å². The van der Waals surface area contributed by atoms with Gasteiger partial charge in [0, 0.05) is 6.54 Å². The SMILES string of the molecule is CCOc1nc(N)nc(N2CCC(C)C2CO)n1. The molecule has 2 heterocycles. The average molecular weight is 253 g/mol. The second-order valence-electron chi connectivity index (χ2n) is 4.42. The summed E-state index contributed by atoms with van der Waals surface area (Å²) < 4.78 is 5.25. The molecule has 2 atom stereocenters. The van der Waals surface area contributed by atoms with Crippen molar-refractivity contribution < 1.29 is 9.84 Å². The number of rotatable bonds is 4. The fraction of sp³-hybridized carbons (Fsp3) is 0.727. The Bertz CT molecular complexity index is 414. The number of nitrogen functional groups attached to an aromatic ring is 1. The van der Waals surface area contributed by atoms with E-state index in [4.69, 9.17) is 10.5 Å². The molecule has 1 saturated heterocycles. The van der Waals surface area contributed by atoms with Crippen molar-refractivity contribution >= 4 is 11.9 Å². The summed E-state index contributed by atoms with van der Waals surface area (Å²) in [6.07, 6.45) is 1.00. The summed E-state index contributed by atoms with van der Waals surface area (Å²) in [5, 5.41) is 9.43. The van der Waals surface area contributed by atoms with Gasteiger partial charge in [0.2, 0.25) is 11.9 Å². The van der Waals surface area contributed by atoms with Crippen molar-refractivity contribution in [2.75, 3.05) is 30.4 Å². The highest BCUT2D eigenvalue weighted by Crippen LogP contribution is 2.27. The molecule has 2 unspecified atom stereocenters. The third-order valence-electron chi connectivity index (χ3n) is 3.22. The number of nitrogens with zero attached hydrogens (tertiary/aromatic N) is 4. The fourth-order valence-corrected chi connectivity index (χ4v) is 2.22. The highest BCUT2D eigenvalue weighted by molar-refractivity contribution is 5.39. The molecule has 0 aliphatic carbocycles. The monoisotopic (exact) mass is 253 g/mol. The lowest BCUT2D eigenvalue weighted by Crippen LogP contribution is -2.36. The molecule has 0 spiro atoms. The lowest BCUT2D eigenvalue weighted by Gasteiger charge is -2.25. The molecule has 0 amide bonds. The van der Waals surface area contributed by atoms with Gasteiger partial charge in [-0.3, -0.25) is 0 Å². The second kappa shape index (κ2) is 5.34. The van der Waals surface area contributed by atoms with Crippen molar-refractivity contribution in [3.05, 3.63) is 0 Å². The molecule has 0 bridgehead atoms. The molecule has 7 heteroatoms. The van der Waals surface area contributed by atoms with Gasteiger partial charge in [0.25, 0.3) is 0 Å². The topological polar surface area (TPSA) is 97.4 Å². The molecule has 1 aromatic heterocycles. The maximum Gasteiger partial charge on any atom is 0.323 e. The normalized spacial score (nSPS) is 23.4. The number of hydrogen-bond acceptors (Lipinski definition) is 7. The predicted octanol–water partition coefficient (Wildman–Crippen LogP) is 0.0596. The van der Waals surface area contributed by atoms with E-state index in [1.54, 1.807) is 0 Å². The minimum atomic E-state index is 0.0290. The van der Waals surface area contributed by atoms with Crippen LogP contribution >= 0.6 is 0 Å². The highest BCUT2D eigenvalue weighted by Gasteiger charge is 2.32. The summed E-state index contributed by atoms with van der Waals surface area (Å²) in [5.74, 6) is 1.03. The van der Waals surface area contributed by atoms with Crippen LogP contribution in [0.4, 0.5) is 11.9 Å².